The van der Waals surface area contributed by atoms with Crippen molar-refractivity contribution in [2.45, 2.75) is 46.6 Å². The van der Waals surface area contributed by atoms with Gasteiger partial charge in [-0.1, -0.05) is 20.8 Å². The third-order valence-corrected chi connectivity index (χ3v) is 2.69. The second-order valence-electron chi connectivity index (χ2n) is 5.15. The highest BCUT2D eigenvalue weighted by molar-refractivity contribution is 5.78. The maximum absolute atomic E-state index is 11.8. The summed E-state index contributed by atoms with van der Waals surface area (Å²) in [7, 11) is 0. The average molecular weight is 243 g/mol. The molecule has 0 aromatic rings. The Bertz CT molecular complexity index is 207. The lowest BCUT2D eigenvalue weighted by Crippen LogP contribution is -2.42. The van der Waals surface area contributed by atoms with Crippen LogP contribution in [0.2, 0.25) is 0 Å². The molecule has 1 unspecified atom stereocenters. The molecule has 0 saturated heterocycles. The van der Waals surface area contributed by atoms with E-state index in [9.17, 15) is 4.79 Å². The zero-order chi connectivity index (χ0) is 13.3. The van der Waals surface area contributed by atoms with Gasteiger partial charge in [-0.25, -0.2) is 0 Å². The van der Waals surface area contributed by atoms with Crippen molar-refractivity contribution in [3.63, 3.8) is 0 Å². The fourth-order valence-electron chi connectivity index (χ4n) is 1.69. The third kappa shape index (κ3) is 9.12. The van der Waals surface area contributed by atoms with Crippen LogP contribution in [-0.4, -0.2) is 43.0 Å². The molecule has 0 saturated carbocycles. The molecule has 0 aromatic heterocycles. The van der Waals surface area contributed by atoms with E-state index in [1.807, 2.05) is 6.92 Å². The van der Waals surface area contributed by atoms with Crippen molar-refractivity contribution < 1.29 is 4.79 Å². The van der Waals surface area contributed by atoms with Crippen molar-refractivity contribution in [3.05, 3.63) is 0 Å². The number of carbonyl (C=O) groups is 1. The number of nitrogens with zero attached hydrogens (tertiary/aromatic N) is 1. The fourth-order valence-corrected chi connectivity index (χ4v) is 1.69. The Labute approximate surface area is 106 Å². The lowest BCUT2D eigenvalue weighted by atomic mass is 10.2. The first kappa shape index (κ1) is 16.4. The van der Waals surface area contributed by atoms with Crippen LogP contribution in [0.5, 0.6) is 0 Å². The van der Waals surface area contributed by atoms with Crippen molar-refractivity contribution in [2.75, 3.05) is 26.2 Å². The standard InChI is InChI=1S/C13H29N3O/c1-5-12(4)15-13(17)10-16(8-6-7-14)9-11(2)3/h11-12H,5-10,14H2,1-4H3,(H,15,17). The van der Waals surface area contributed by atoms with Gasteiger partial charge in [0, 0.05) is 12.6 Å². The number of nitrogens with two attached hydrogens (primary N) is 1. The molecule has 0 aliphatic rings. The van der Waals surface area contributed by atoms with E-state index in [1.54, 1.807) is 0 Å². The molecule has 0 radical (unpaired) electrons. The highest BCUT2D eigenvalue weighted by Crippen LogP contribution is 2.00. The molecular weight excluding hydrogens is 214 g/mol. The first-order valence-electron chi connectivity index (χ1n) is 6.71. The number of rotatable bonds is 9. The summed E-state index contributed by atoms with van der Waals surface area (Å²) < 4.78 is 0. The highest BCUT2D eigenvalue weighted by atomic mass is 16.2. The van der Waals surface area contributed by atoms with Gasteiger partial charge in [-0.15, -0.1) is 0 Å². The molecule has 4 nitrogen and oxygen atoms in total. The summed E-state index contributed by atoms with van der Waals surface area (Å²) in [5, 5.41) is 3.00. The average Bonchev–Trinajstić information content (AvgIpc) is 2.24. The predicted molar refractivity (Wildman–Crippen MR) is 72.8 cm³/mol. The Morgan fingerprint density at radius 3 is 2.47 bits per heavy atom. The lowest BCUT2D eigenvalue weighted by Gasteiger charge is -2.24. The van der Waals surface area contributed by atoms with E-state index in [2.05, 4.69) is 31.0 Å². The van der Waals surface area contributed by atoms with Gasteiger partial charge >= 0.3 is 0 Å². The second kappa shape index (κ2) is 9.42. The van der Waals surface area contributed by atoms with Crippen LogP contribution in [0.15, 0.2) is 0 Å². The van der Waals surface area contributed by atoms with Gasteiger partial charge in [0.15, 0.2) is 0 Å². The summed E-state index contributed by atoms with van der Waals surface area (Å²) in [5.41, 5.74) is 5.51. The molecule has 0 heterocycles. The van der Waals surface area contributed by atoms with Gasteiger partial charge in [-0.3, -0.25) is 9.69 Å². The Kier molecular flexibility index (Phi) is 9.09. The quantitative estimate of drug-likeness (QED) is 0.640. The molecule has 0 rings (SSSR count). The summed E-state index contributed by atoms with van der Waals surface area (Å²) >= 11 is 0. The Hall–Kier alpha value is -0.610. The molecule has 1 amide bonds. The Balaban J connectivity index is 4.07. The first-order chi connectivity index (χ1) is 7.99. The van der Waals surface area contributed by atoms with E-state index in [1.165, 1.54) is 0 Å². The van der Waals surface area contributed by atoms with E-state index < -0.39 is 0 Å². The number of nitrogens with one attached hydrogen (secondary N) is 1. The van der Waals surface area contributed by atoms with Crippen LogP contribution in [-0.2, 0) is 4.79 Å². The second-order valence-corrected chi connectivity index (χ2v) is 5.15. The normalized spacial score (nSPS) is 13.1. The minimum atomic E-state index is 0.122. The van der Waals surface area contributed by atoms with Gasteiger partial charge in [0.25, 0.3) is 0 Å². The van der Waals surface area contributed by atoms with Crippen molar-refractivity contribution in [1.82, 2.24) is 10.2 Å². The smallest absolute Gasteiger partial charge is 0.234 e. The van der Waals surface area contributed by atoms with E-state index in [4.69, 9.17) is 5.73 Å². The molecule has 0 aliphatic carbocycles. The van der Waals surface area contributed by atoms with Gasteiger partial charge < -0.3 is 11.1 Å². The van der Waals surface area contributed by atoms with E-state index >= 15 is 0 Å². The maximum atomic E-state index is 11.8. The first-order valence-corrected chi connectivity index (χ1v) is 6.71. The van der Waals surface area contributed by atoms with E-state index in [0.717, 1.165) is 25.9 Å². The van der Waals surface area contributed by atoms with E-state index in [0.29, 0.717) is 19.0 Å². The van der Waals surface area contributed by atoms with Crippen molar-refractivity contribution in [2.24, 2.45) is 11.7 Å². The minimum absolute atomic E-state index is 0.122. The van der Waals surface area contributed by atoms with Crippen LogP contribution < -0.4 is 11.1 Å². The molecule has 0 fully saturated rings. The topological polar surface area (TPSA) is 58.4 Å². The van der Waals surface area contributed by atoms with Crippen molar-refractivity contribution in [3.8, 4) is 0 Å². The molecular formula is C13H29N3O. The lowest BCUT2D eigenvalue weighted by molar-refractivity contribution is -0.123. The van der Waals surface area contributed by atoms with Crippen LogP contribution in [0, 0.1) is 5.92 Å². The maximum Gasteiger partial charge on any atom is 0.234 e. The fraction of sp³-hybridized carbons (Fsp3) is 0.923. The molecule has 1 atom stereocenters. The van der Waals surface area contributed by atoms with Crippen LogP contribution in [0.1, 0.15) is 40.5 Å². The number of carbonyl (C=O) groups excluding carboxylic acids is 1. The zero-order valence-corrected chi connectivity index (χ0v) is 11.8. The predicted octanol–water partition coefficient (Wildman–Crippen LogP) is 1.21. The largest absolute Gasteiger partial charge is 0.353 e. The van der Waals surface area contributed by atoms with Gasteiger partial charge in [0.05, 0.1) is 6.54 Å². The molecule has 0 aromatic carbocycles. The van der Waals surface area contributed by atoms with Gasteiger partial charge in [-0.05, 0) is 38.8 Å². The van der Waals surface area contributed by atoms with Crippen LogP contribution in [0.3, 0.4) is 0 Å². The minimum Gasteiger partial charge on any atom is -0.353 e. The molecule has 102 valence electrons. The van der Waals surface area contributed by atoms with Crippen LogP contribution >= 0.6 is 0 Å². The molecule has 0 bridgehead atoms. The summed E-state index contributed by atoms with van der Waals surface area (Å²) in [4.78, 5) is 14.0. The Morgan fingerprint density at radius 1 is 1.35 bits per heavy atom. The molecule has 0 spiro atoms. The highest BCUT2D eigenvalue weighted by Gasteiger charge is 2.12. The number of amides is 1. The van der Waals surface area contributed by atoms with Gasteiger partial charge in [-0.2, -0.15) is 0 Å². The SMILES string of the molecule is CCC(C)NC(=O)CN(CCCN)CC(C)C. The van der Waals surface area contributed by atoms with Crippen molar-refractivity contribution >= 4 is 5.91 Å². The van der Waals surface area contributed by atoms with Gasteiger partial charge in [0.2, 0.25) is 5.91 Å². The summed E-state index contributed by atoms with van der Waals surface area (Å²) in [5.74, 6) is 0.696. The van der Waals surface area contributed by atoms with Gasteiger partial charge in [0.1, 0.15) is 0 Å². The molecule has 17 heavy (non-hydrogen) atoms. The van der Waals surface area contributed by atoms with Crippen LogP contribution in [0.25, 0.3) is 0 Å². The van der Waals surface area contributed by atoms with Crippen LogP contribution in [0.4, 0.5) is 0 Å². The number of hydrogen-bond donors (Lipinski definition) is 2. The van der Waals surface area contributed by atoms with E-state index in [-0.39, 0.29) is 11.9 Å². The summed E-state index contributed by atoms with van der Waals surface area (Å²) in [6.07, 6.45) is 1.92. The number of hydrogen-bond acceptors (Lipinski definition) is 3. The van der Waals surface area contributed by atoms with Crippen molar-refractivity contribution in [1.29, 1.82) is 0 Å². The zero-order valence-electron chi connectivity index (χ0n) is 11.8. The molecule has 3 N–H and O–H groups in total. The molecule has 4 heteroatoms. The monoisotopic (exact) mass is 243 g/mol. The summed E-state index contributed by atoms with van der Waals surface area (Å²) in [6.45, 7) is 11.5. The third-order valence-electron chi connectivity index (χ3n) is 2.69. The summed E-state index contributed by atoms with van der Waals surface area (Å²) in [6, 6.07) is 0.262. The molecule has 0 aliphatic heterocycles. The Morgan fingerprint density at radius 2 is 2.00 bits per heavy atom.